The van der Waals surface area contributed by atoms with Crippen molar-refractivity contribution in [2.24, 2.45) is 0 Å². The predicted octanol–water partition coefficient (Wildman–Crippen LogP) is 3.82. The van der Waals surface area contributed by atoms with E-state index in [0.717, 1.165) is 25.2 Å². The number of amides is 1. The van der Waals surface area contributed by atoms with Crippen molar-refractivity contribution in [3.05, 3.63) is 89.5 Å². The standard InChI is InChI=1S/C23H22N4O/c24-15-19-9-4-5-11-21(19)23(28)27-13-6-10-20(17-27)22-25-12-14-26(22)16-18-7-2-1-3-8-18/h1-5,7-9,11-12,14,20H,6,10,13,16-17H2/t20-/m0/s1. The Bertz CT molecular complexity index is 1000. The summed E-state index contributed by atoms with van der Waals surface area (Å²) >= 11 is 0. The summed E-state index contributed by atoms with van der Waals surface area (Å²) < 4.78 is 2.18. The van der Waals surface area contributed by atoms with Gasteiger partial charge in [0.15, 0.2) is 0 Å². The Morgan fingerprint density at radius 3 is 2.75 bits per heavy atom. The number of hydrogen-bond donors (Lipinski definition) is 0. The van der Waals surface area contributed by atoms with Gasteiger partial charge < -0.3 is 9.47 Å². The molecule has 0 saturated carbocycles. The molecule has 1 saturated heterocycles. The van der Waals surface area contributed by atoms with E-state index in [1.54, 1.807) is 18.2 Å². The van der Waals surface area contributed by atoms with Gasteiger partial charge in [0.1, 0.15) is 5.82 Å². The van der Waals surface area contributed by atoms with E-state index in [2.05, 4.69) is 27.8 Å². The third-order valence-electron chi connectivity index (χ3n) is 5.30. The van der Waals surface area contributed by atoms with Gasteiger partial charge in [0.25, 0.3) is 5.91 Å². The number of aromatic nitrogens is 2. The third-order valence-corrected chi connectivity index (χ3v) is 5.30. The van der Waals surface area contributed by atoms with Gasteiger partial charge in [-0.05, 0) is 30.5 Å². The number of nitrogens with zero attached hydrogens (tertiary/aromatic N) is 4. The van der Waals surface area contributed by atoms with E-state index >= 15 is 0 Å². The van der Waals surface area contributed by atoms with Crippen molar-refractivity contribution in [2.45, 2.75) is 25.3 Å². The molecule has 1 amide bonds. The molecular weight excluding hydrogens is 348 g/mol. The second-order valence-corrected chi connectivity index (χ2v) is 7.15. The van der Waals surface area contributed by atoms with Gasteiger partial charge in [0, 0.05) is 37.9 Å². The SMILES string of the molecule is N#Cc1ccccc1C(=O)N1CCC[C@H](c2nccn2Cc2ccccc2)C1. The molecule has 0 unspecified atom stereocenters. The summed E-state index contributed by atoms with van der Waals surface area (Å²) in [6.07, 6.45) is 5.79. The largest absolute Gasteiger partial charge is 0.338 e. The summed E-state index contributed by atoms with van der Waals surface area (Å²) in [5, 5.41) is 9.31. The third kappa shape index (κ3) is 3.67. The second-order valence-electron chi connectivity index (χ2n) is 7.15. The minimum absolute atomic E-state index is 0.0667. The maximum Gasteiger partial charge on any atom is 0.255 e. The average molecular weight is 370 g/mol. The van der Waals surface area contributed by atoms with Crippen molar-refractivity contribution in [3.8, 4) is 6.07 Å². The van der Waals surface area contributed by atoms with Crippen LogP contribution in [0.1, 0.15) is 46.1 Å². The van der Waals surface area contributed by atoms with Crippen LogP contribution >= 0.6 is 0 Å². The fraction of sp³-hybridized carbons (Fsp3) is 0.261. The summed E-state index contributed by atoms with van der Waals surface area (Å²) in [6, 6.07) is 19.5. The Morgan fingerprint density at radius 2 is 1.93 bits per heavy atom. The van der Waals surface area contributed by atoms with Crippen molar-refractivity contribution >= 4 is 5.91 Å². The summed E-state index contributed by atoms with van der Waals surface area (Å²) in [7, 11) is 0. The molecule has 28 heavy (non-hydrogen) atoms. The van der Waals surface area contributed by atoms with Gasteiger partial charge >= 0.3 is 0 Å². The Morgan fingerprint density at radius 1 is 1.14 bits per heavy atom. The molecule has 1 aliphatic heterocycles. The van der Waals surface area contributed by atoms with Crippen LogP contribution < -0.4 is 0 Å². The van der Waals surface area contributed by atoms with Crippen molar-refractivity contribution in [1.82, 2.24) is 14.5 Å². The number of benzene rings is 2. The highest BCUT2D eigenvalue weighted by atomic mass is 16.2. The molecule has 1 aliphatic rings. The van der Waals surface area contributed by atoms with Crippen LogP contribution in [0, 0.1) is 11.3 Å². The summed E-state index contributed by atoms with van der Waals surface area (Å²) in [5.74, 6) is 1.16. The Hall–Kier alpha value is -3.39. The normalized spacial score (nSPS) is 16.5. The molecule has 5 nitrogen and oxygen atoms in total. The highest BCUT2D eigenvalue weighted by Crippen LogP contribution is 2.27. The molecular formula is C23H22N4O. The number of imidazole rings is 1. The molecule has 1 atom stereocenters. The van der Waals surface area contributed by atoms with E-state index < -0.39 is 0 Å². The zero-order valence-electron chi connectivity index (χ0n) is 15.7. The van der Waals surface area contributed by atoms with Gasteiger partial charge in [-0.3, -0.25) is 4.79 Å². The quantitative estimate of drug-likeness (QED) is 0.701. The first-order valence-electron chi connectivity index (χ1n) is 9.59. The van der Waals surface area contributed by atoms with Crippen molar-refractivity contribution < 1.29 is 4.79 Å². The number of rotatable bonds is 4. The average Bonchev–Trinajstić information content (AvgIpc) is 3.22. The van der Waals surface area contributed by atoms with Crippen LogP contribution in [0.25, 0.3) is 0 Å². The minimum Gasteiger partial charge on any atom is -0.338 e. The van der Waals surface area contributed by atoms with Crippen LogP contribution in [0.2, 0.25) is 0 Å². The zero-order valence-corrected chi connectivity index (χ0v) is 15.7. The van der Waals surface area contributed by atoms with Crippen LogP contribution in [0.15, 0.2) is 67.0 Å². The fourth-order valence-electron chi connectivity index (χ4n) is 3.90. The molecule has 5 heteroatoms. The fourth-order valence-corrected chi connectivity index (χ4v) is 3.90. The molecule has 2 heterocycles. The van der Waals surface area contributed by atoms with Crippen LogP contribution in [0.4, 0.5) is 0 Å². The lowest BCUT2D eigenvalue weighted by Crippen LogP contribution is -2.40. The molecule has 2 aromatic carbocycles. The van der Waals surface area contributed by atoms with Gasteiger partial charge in [-0.1, -0.05) is 42.5 Å². The van der Waals surface area contributed by atoms with E-state index in [1.165, 1.54) is 5.56 Å². The second kappa shape index (κ2) is 8.10. The number of piperidine rings is 1. The van der Waals surface area contributed by atoms with E-state index in [1.807, 2.05) is 41.6 Å². The van der Waals surface area contributed by atoms with Gasteiger partial charge in [-0.25, -0.2) is 4.98 Å². The maximum atomic E-state index is 13.0. The molecule has 0 bridgehead atoms. The topological polar surface area (TPSA) is 61.9 Å². The van der Waals surface area contributed by atoms with Gasteiger partial charge in [-0.15, -0.1) is 0 Å². The lowest BCUT2D eigenvalue weighted by molar-refractivity contribution is 0.0703. The molecule has 3 aromatic rings. The first kappa shape index (κ1) is 18.0. The molecule has 4 rings (SSSR count). The number of hydrogen-bond acceptors (Lipinski definition) is 3. The van der Waals surface area contributed by atoms with Crippen LogP contribution in [0.3, 0.4) is 0 Å². The zero-order chi connectivity index (χ0) is 19.3. The summed E-state index contributed by atoms with van der Waals surface area (Å²) in [6.45, 7) is 2.12. The smallest absolute Gasteiger partial charge is 0.255 e. The molecule has 140 valence electrons. The first-order valence-corrected chi connectivity index (χ1v) is 9.59. The molecule has 1 fully saturated rings. The van der Waals surface area contributed by atoms with Gasteiger partial charge in [0.05, 0.1) is 17.2 Å². The van der Waals surface area contributed by atoms with Crippen LogP contribution in [0.5, 0.6) is 0 Å². The van der Waals surface area contributed by atoms with Crippen molar-refractivity contribution in [2.75, 3.05) is 13.1 Å². The van der Waals surface area contributed by atoms with Crippen molar-refractivity contribution in [1.29, 1.82) is 5.26 Å². The van der Waals surface area contributed by atoms with Crippen LogP contribution in [-0.2, 0) is 6.54 Å². The highest BCUT2D eigenvalue weighted by Gasteiger charge is 2.28. The lowest BCUT2D eigenvalue weighted by atomic mass is 9.95. The predicted molar refractivity (Wildman–Crippen MR) is 107 cm³/mol. The van der Waals surface area contributed by atoms with Crippen molar-refractivity contribution in [3.63, 3.8) is 0 Å². The summed E-state index contributed by atoms with van der Waals surface area (Å²) in [4.78, 5) is 19.5. The van der Waals surface area contributed by atoms with E-state index in [9.17, 15) is 10.1 Å². The number of carbonyl (C=O) groups excluding carboxylic acids is 1. The Kier molecular flexibility index (Phi) is 5.20. The number of likely N-dealkylation sites (tertiary alicyclic amines) is 1. The molecule has 0 aliphatic carbocycles. The van der Waals surface area contributed by atoms with Crippen LogP contribution in [-0.4, -0.2) is 33.4 Å². The number of nitriles is 1. The monoisotopic (exact) mass is 370 g/mol. The van der Waals surface area contributed by atoms with E-state index in [-0.39, 0.29) is 11.8 Å². The minimum atomic E-state index is -0.0667. The number of carbonyl (C=O) groups is 1. The maximum absolute atomic E-state index is 13.0. The van der Waals surface area contributed by atoms with Gasteiger partial charge in [0.2, 0.25) is 0 Å². The highest BCUT2D eigenvalue weighted by molar-refractivity contribution is 5.96. The summed E-state index contributed by atoms with van der Waals surface area (Å²) in [5.41, 5.74) is 2.15. The Labute approximate surface area is 164 Å². The molecule has 1 aromatic heterocycles. The lowest BCUT2D eigenvalue weighted by Gasteiger charge is -2.33. The Balaban J connectivity index is 1.53. The first-order chi connectivity index (χ1) is 13.8. The molecule has 0 N–H and O–H groups in total. The van der Waals surface area contributed by atoms with Gasteiger partial charge in [-0.2, -0.15) is 5.26 Å². The molecule has 0 spiro atoms. The van der Waals surface area contributed by atoms with E-state index in [0.29, 0.717) is 24.2 Å². The molecule has 0 radical (unpaired) electrons. The van der Waals surface area contributed by atoms with E-state index in [4.69, 9.17) is 0 Å².